The van der Waals surface area contributed by atoms with E-state index in [9.17, 15) is 9.90 Å². The predicted molar refractivity (Wildman–Crippen MR) is 101 cm³/mol. The number of fused-ring (bicyclic) bond motifs is 1. The molecule has 5 unspecified atom stereocenters. The summed E-state index contributed by atoms with van der Waals surface area (Å²) in [5.74, 6) is 0.479. The molecule has 2 fully saturated rings. The molecular formula is C19H32N4O3. The van der Waals surface area contributed by atoms with E-state index in [1.807, 2.05) is 43.6 Å². The van der Waals surface area contributed by atoms with Crippen LogP contribution in [0.1, 0.15) is 40.5 Å². The molecule has 3 aliphatic rings. The van der Waals surface area contributed by atoms with Gasteiger partial charge in [-0.05, 0) is 39.5 Å². The van der Waals surface area contributed by atoms with E-state index in [1.165, 1.54) is 0 Å². The average Bonchev–Trinajstić information content (AvgIpc) is 2.64. The zero-order valence-electron chi connectivity index (χ0n) is 16.3. The molecule has 3 N–H and O–H groups in total. The number of dihydropyridines is 1. The number of aliphatic hydroxyl groups is 1. The summed E-state index contributed by atoms with van der Waals surface area (Å²) in [6, 6.07) is 0.211. The number of carbonyl (C=O) groups is 1. The van der Waals surface area contributed by atoms with Gasteiger partial charge in [0, 0.05) is 43.4 Å². The summed E-state index contributed by atoms with van der Waals surface area (Å²) in [5, 5.41) is 10.9. The molecule has 1 aliphatic carbocycles. The molecule has 2 aliphatic heterocycles. The summed E-state index contributed by atoms with van der Waals surface area (Å²) >= 11 is 0. The molecule has 5 atom stereocenters. The third-order valence-electron chi connectivity index (χ3n) is 5.54. The SMILES string of the molecule is CC1C=C(C(O)N2CCN(C(=O)OC(C)(C)C)C3CCC3C2)C=NC1N. The van der Waals surface area contributed by atoms with Crippen LogP contribution in [0.2, 0.25) is 0 Å². The van der Waals surface area contributed by atoms with Crippen LogP contribution in [-0.4, -0.2) is 70.9 Å². The first-order chi connectivity index (χ1) is 12.2. The number of nitrogens with two attached hydrogens (primary N) is 1. The maximum atomic E-state index is 12.6. The maximum absolute atomic E-state index is 12.6. The van der Waals surface area contributed by atoms with Crippen LogP contribution in [0.25, 0.3) is 0 Å². The number of carbonyl (C=O) groups excluding carboxylic acids is 1. The molecule has 1 saturated heterocycles. The normalized spacial score (nSPS) is 33.6. The van der Waals surface area contributed by atoms with E-state index in [2.05, 4.69) is 4.99 Å². The minimum absolute atomic E-state index is 0.103. The monoisotopic (exact) mass is 364 g/mol. The zero-order chi connectivity index (χ0) is 19.1. The van der Waals surface area contributed by atoms with Gasteiger partial charge in [-0.15, -0.1) is 0 Å². The lowest BCUT2D eigenvalue weighted by molar-refractivity contribution is -0.00272. The van der Waals surface area contributed by atoms with Crippen LogP contribution >= 0.6 is 0 Å². The minimum Gasteiger partial charge on any atom is -0.444 e. The van der Waals surface area contributed by atoms with Crippen molar-refractivity contribution < 1.29 is 14.6 Å². The Balaban J connectivity index is 1.69. The van der Waals surface area contributed by atoms with Gasteiger partial charge in [0.2, 0.25) is 0 Å². The fourth-order valence-electron chi connectivity index (χ4n) is 3.86. The van der Waals surface area contributed by atoms with Gasteiger partial charge < -0.3 is 20.5 Å². The average molecular weight is 364 g/mol. The Kier molecular flexibility index (Phi) is 5.42. The third kappa shape index (κ3) is 4.10. The van der Waals surface area contributed by atoms with Gasteiger partial charge in [0.15, 0.2) is 0 Å². The second-order valence-corrected chi connectivity index (χ2v) is 8.74. The van der Waals surface area contributed by atoms with Crippen molar-refractivity contribution >= 4 is 12.3 Å². The van der Waals surface area contributed by atoms with Crippen LogP contribution in [0.5, 0.6) is 0 Å². The fraction of sp³-hybridized carbons (Fsp3) is 0.789. The number of amides is 1. The van der Waals surface area contributed by atoms with Gasteiger partial charge in [0.25, 0.3) is 0 Å². The first-order valence-corrected chi connectivity index (χ1v) is 9.58. The second kappa shape index (κ2) is 7.29. The highest BCUT2D eigenvalue weighted by molar-refractivity contribution is 5.80. The standard InChI is InChI=1S/C19H32N4O3/c1-12-9-14(10-21-16(12)20)17(24)22-7-8-23(15-6-5-13(15)11-22)18(25)26-19(2,3)4/h9-10,12-13,15-17,24H,5-8,11,20H2,1-4H3. The Morgan fingerprint density at radius 3 is 2.69 bits per heavy atom. The molecule has 1 saturated carbocycles. The van der Waals surface area contributed by atoms with Crippen LogP contribution in [-0.2, 0) is 4.74 Å². The number of aliphatic imine (C=N–C) groups is 1. The van der Waals surface area contributed by atoms with E-state index in [0.29, 0.717) is 19.0 Å². The van der Waals surface area contributed by atoms with Crippen LogP contribution in [0.15, 0.2) is 16.6 Å². The Bertz CT molecular complexity index is 598. The largest absolute Gasteiger partial charge is 0.444 e. The van der Waals surface area contributed by atoms with Crippen molar-refractivity contribution in [3.05, 3.63) is 11.6 Å². The summed E-state index contributed by atoms with van der Waals surface area (Å²) < 4.78 is 5.58. The molecule has 0 spiro atoms. The van der Waals surface area contributed by atoms with Crippen LogP contribution in [0.4, 0.5) is 4.79 Å². The quantitative estimate of drug-likeness (QED) is 0.776. The molecule has 7 nitrogen and oxygen atoms in total. The number of hydrogen-bond donors (Lipinski definition) is 2. The Hall–Kier alpha value is -1.44. The van der Waals surface area contributed by atoms with E-state index in [-0.39, 0.29) is 24.2 Å². The molecule has 2 heterocycles. The van der Waals surface area contributed by atoms with Gasteiger partial charge in [0.1, 0.15) is 18.0 Å². The van der Waals surface area contributed by atoms with Crippen molar-refractivity contribution in [3.63, 3.8) is 0 Å². The van der Waals surface area contributed by atoms with E-state index in [0.717, 1.165) is 25.0 Å². The predicted octanol–water partition coefficient (Wildman–Crippen LogP) is 1.57. The van der Waals surface area contributed by atoms with E-state index in [4.69, 9.17) is 10.5 Å². The third-order valence-corrected chi connectivity index (χ3v) is 5.54. The lowest BCUT2D eigenvalue weighted by atomic mass is 9.78. The molecule has 0 radical (unpaired) electrons. The lowest BCUT2D eigenvalue weighted by Crippen LogP contribution is -2.51. The van der Waals surface area contributed by atoms with E-state index in [1.54, 1.807) is 6.21 Å². The first kappa shape index (κ1) is 19.3. The van der Waals surface area contributed by atoms with Gasteiger partial charge in [-0.1, -0.05) is 13.0 Å². The minimum atomic E-state index is -0.714. The highest BCUT2D eigenvalue weighted by atomic mass is 16.6. The van der Waals surface area contributed by atoms with Gasteiger partial charge >= 0.3 is 6.09 Å². The van der Waals surface area contributed by atoms with Crippen LogP contribution in [0, 0.1) is 11.8 Å². The number of rotatable bonds is 2. The molecule has 146 valence electrons. The van der Waals surface area contributed by atoms with Gasteiger partial charge in [-0.25, -0.2) is 4.79 Å². The fourth-order valence-corrected chi connectivity index (χ4v) is 3.86. The molecule has 0 bridgehead atoms. The molecular weight excluding hydrogens is 332 g/mol. The van der Waals surface area contributed by atoms with E-state index >= 15 is 0 Å². The summed E-state index contributed by atoms with van der Waals surface area (Å²) in [7, 11) is 0. The topological polar surface area (TPSA) is 91.4 Å². The first-order valence-electron chi connectivity index (χ1n) is 9.58. The molecule has 7 heteroatoms. The van der Waals surface area contributed by atoms with Crippen LogP contribution < -0.4 is 5.73 Å². The van der Waals surface area contributed by atoms with Crippen molar-refractivity contribution in [2.24, 2.45) is 22.6 Å². The number of ether oxygens (including phenoxy) is 1. The van der Waals surface area contributed by atoms with Crippen molar-refractivity contribution in [2.45, 2.75) is 64.6 Å². The Labute approximate surface area is 155 Å². The van der Waals surface area contributed by atoms with Crippen molar-refractivity contribution in [2.75, 3.05) is 19.6 Å². The molecule has 1 amide bonds. The Morgan fingerprint density at radius 1 is 1.38 bits per heavy atom. The van der Waals surface area contributed by atoms with Gasteiger partial charge in [-0.2, -0.15) is 0 Å². The molecule has 26 heavy (non-hydrogen) atoms. The lowest BCUT2D eigenvalue weighted by Gasteiger charge is -2.43. The highest BCUT2D eigenvalue weighted by Crippen LogP contribution is 2.36. The second-order valence-electron chi connectivity index (χ2n) is 8.74. The maximum Gasteiger partial charge on any atom is 0.410 e. The number of hydrogen-bond acceptors (Lipinski definition) is 6. The molecule has 0 aromatic heterocycles. The van der Waals surface area contributed by atoms with Crippen molar-refractivity contribution in [3.8, 4) is 0 Å². The Morgan fingerprint density at radius 2 is 2.12 bits per heavy atom. The highest BCUT2D eigenvalue weighted by Gasteiger charge is 2.43. The van der Waals surface area contributed by atoms with Crippen molar-refractivity contribution in [1.29, 1.82) is 0 Å². The number of aliphatic hydroxyl groups excluding tert-OH is 1. The zero-order valence-corrected chi connectivity index (χ0v) is 16.3. The summed E-state index contributed by atoms with van der Waals surface area (Å²) in [5.41, 5.74) is 6.19. The smallest absolute Gasteiger partial charge is 0.410 e. The molecule has 0 aromatic rings. The summed E-state index contributed by atoms with van der Waals surface area (Å²) in [4.78, 5) is 20.8. The van der Waals surface area contributed by atoms with Crippen molar-refractivity contribution in [1.82, 2.24) is 9.80 Å². The summed E-state index contributed by atoms with van der Waals surface area (Å²) in [6.45, 7) is 9.61. The molecule has 0 aromatic carbocycles. The van der Waals surface area contributed by atoms with E-state index < -0.39 is 11.8 Å². The molecule has 3 rings (SSSR count). The van der Waals surface area contributed by atoms with Gasteiger partial charge in [-0.3, -0.25) is 9.89 Å². The summed E-state index contributed by atoms with van der Waals surface area (Å²) in [6.07, 6.45) is 4.55. The van der Waals surface area contributed by atoms with Crippen LogP contribution in [0.3, 0.4) is 0 Å². The number of nitrogens with zero attached hydrogens (tertiary/aromatic N) is 3. The van der Waals surface area contributed by atoms with Gasteiger partial charge in [0.05, 0.1) is 0 Å².